The van der Waals surface area contributed by atoms with Gasteiger partial charge in [0.1, 0.15) is 11.6 Å². The second kappa shape index (κ2) is 8.43. The predicted molar refractivity (Wildman–Crippen MR) is 101 cm³/mol. The third-order valence-corrected chi connectivity index (χ3v) is 4.49. The van der Waals surface area contributed by atoms with Crippen molar-refractivity contribution >= 4 is 29.3 Å². The molecule has 0 saturated carbocycles. The number of carboxylic acid groups (broad SMARTS) is 1. The van der Waals surface area contributed by atoms with Gasteiger partial charge in [-0.15, -0.1) is 11.8 Å². The summed E-state index contributed by atoms with van der Waals surface area (Å²) in [4.78, 5) is 12.7. The molecule has 7 heteroatoms. The number of hydrogen-bond acceptors (Lipinski definition) is 5. The summed E-state index contributed by atoms with van der Waals surface area (Å²) in [7, 11) is 1.60. The van der Waals surface area contributed by atoms with Gasteiger partial charge in [0.2, 0.25) is 0 Å². The van der Waals surface area contributed by atoms with Crippen molar-refractivity contribution in [3.63, 3.8) is 0 Å². The molecule has 2 aromatic carbocycles. The Morgan fingerprint density at radius 2 is 2.00 bits per heavy atom. The summed E-state index contributed by atoms with van der Waals surface area (Å²) in [5.41, 5.74) is 7.29. The molecule has 0 aliphatic heterocycles. The minimum Gasteiger partial charge on any atom is -0.496 e. The van der Waals surface area contributed by atoms with Crippen molar-refractivity contribution in [1.29, 1.82) is 5.41 Å². The number of carboxylic acids is 1. The van der Waals surface area contributed by atoms with E-state index in [1.54, 1.807) is 55.3 Å². The molecule has 0 amide bonds. The van der Waals surface area contributed by atoms with E-state index < -0.39 is 12.0 Å². The lowest BCUT2D eigenvalue weighted by atomic mass is 10.1. The number of nitrogens with one attached hydrogen (secondary N) is 2. The largest absolute Gasteiger partial charge is 0.496 e. The number of aliphatic carboxylic acids is 1. The molecule has 0 aliphatic rings. The summed E-state index contributed by atoms with van der Waals surface area (Å²) in [6, 6.07) is 11.2. The number of nitrogens with two attached hydrogens (primary N) is 1. The molecule has 132 valence electrons. The highest BCUT2D eigenvalue weighted by atomic mass is 32.2. The summed E-state index contributed by atoms with van der Waals surface area (Å²) < 4.78 is 5.33. The lowest BCUT2D eigenvalue weighted by Gasteiger charge is -2.18. The molecule has 5 N–H and O–H groups in total. The fourth-order valence-electron chi connectivity index (χ4n) is 2.34. The zero-order chi connectivity index (χ0) is 18.4. The van der Waals surface area contributed by atoms with Crippen molar-refractivity contribution in [1.82, 2.24) is 0 Å². The van der Waals surface area contributed by atoms with Crippen LogP contribution in [0.2, 0.25) is 0 Å². The second-order valence-corrected chi connectivity index (χ2v) is 6.56. The summed E-state index contributed by atoms with van der Waals surface area (Å²) in [6.07, 6.45) is 0. The normalized spacial score (nSPS) is 11.6. The molecule has 2 rings (SSSR count). The molecule has 25 heavy (non-hydrogen) atoms. The van der Waals surface area contributed by atoms with Gasteiger partial charge in [0.15, 0.2) is 6.04 Å². The van der Waals surface area contributed by atoms with Crippen molar-refractivity contribution < 1.29 is 14.6 Å². The van der Waals surface area contributed by atoms with Crippen molar-refractivity contribution in [2.24, 2.45) is 5.73 Å². The van der Waals surface area contributed by atoms with E-state index in [-0.39, 0.29) is 5.84 Å². The molecule has 0 heterocycles. The van der Waals surface area contributed by atoms with Gasteiger partial charge < -0.3 is 20.9 Å². The van der Waals surface area contributed by atoms with E-state index in [4.69, 9.17) is 15.9 Å². The Balaban J connectivity index is 2.30. The molecule has 1 atom stereocenters. The summed E-state index contributed by atoms with van der Waals surface area (Å²) in [5.74, 6) is 0.578. The zero-order valence-electron chi connectivity index (χ0n) is 14.1. The average Bonchev–Trinajstić information content (AvgIpc) is 2.60. The topological polar surface area (TPSA) is 108 Å². The highest BCUT2D eigenvalue weighted by molar-refractivity contribution is 7.99. The smallest absolute Gasteiger partial charge is 0.330 e. The summed E-state index contributed by atoms with van der Waals surface area (Å²) in [6.45, 7) is 2.03. The molecule has 0 aliphatic carbocycles. The van der Waals surface area contributed by atoms with Crippen LogP contribution in [0.15, 0.2) is 47.4 Å². The van der Waals surface area contributed by atoms with E-state index in [0.29, 0.717) is 16.8 Å². The Hall–Kier alpha value is -2.67. The van der Waals surface area contributed by atoms with Gasteiger partial charge in [-0.25, -0.2) is 4.79 Å². The number of nitrogen functional groups attached to an aromatic ring is 1. The van der Waals surface area contributed by atoms with Crippen LogP contribution in [0.5, 0.6) is 5.75 Å². The molecular formula is C18H21N3O3S. The summed E-state index contributed by atoms with van der Waals surface area (Å²) in [5, 5.41) is 20.0. The second-order valence-electron chi connectivity index (χ2n) is 5.25. The van der Waals surface area contributed by atoms with Crippen molar-refractivity contribution in [2.75, 3.05) is 18.2 Å². The van der Waals surface area contributed by atoms with Crippen LogP contribution in [0.25, 0.3) is 0 Å². The number of rotatable bonds is 8. The lowest BCUT2D eigenvalue weighted by molar-refractivity contribution is -0.138. The Morgan fingerprint density at radius 3 is 2.52 bits per heavy atom. The maximum absolute atomic E-state index is 11.7. The zero-order valence-corrected chi connectivity index (χ0v) is 14.9. The van der Waals surface area contributed by atoms with Gasteiger partial charge in [0.05, 0.1) is 7.11 Å². The number of methoxy groups -OCH3 is 1. The van der Waals surface area contributed by atoms with Gasteiger partial charge in [-0.05, 0) is 47.7 Å². The monoisotopic (exact) mass is 359 g/mol. The molecule has 0 spiro atoms. The molecule has 0 aromatic heterocycles. The Labute approximate surface area is 150 Å². The standard InChI is InChI=1S/C18H21N3O3S/c1-3-25-15-10-12(6-9-14(15)24-2)16(18(22)23)21-13-7-4-11(5-8-13)17(19)20/h4-10,16,21H,3H2,1-2H3,(H3,19,20)(H,22,23). The predicted octanol–water partition coefficient (Wildman–Crippen LogP) is 3.33. The number of hydrogen-bond donors (Lipinski definition) is 4. The van der Waals surface area contributed by atoms with Crippen molar-refractivity contribution in [2.45, 2.75) is 17.9 Å². The first-order valence-electron chi connectivity index (χ1n) is 7.70. The minimum absolute atomic E-state index is 0.0299. The molecular weight excluding hydrogens is 338 g/mol. The van der Waals surface area contributed by atoms with E-state index in [2.05, 4.69) is 5.32 Å². The number of amidine groups is 1. The molecule has 0 fully saturated rings. The van der Waals surface area contributed by atoms with Crippen LogP contribution in [0.3, 0.4) is 0 Å². The van der Waals surface area contributed by atoms with Crippen molar-refractivity contribution in [3.05, 3.63) is 53.6 Å². The number of thioether (sulfide) groups is 1. The van der Waals surface area contributed by atoms with Crippen LogP contribution in [-0.2, 0) is 4.79 Å². The van der Waals surface area contributed by atoms with E-state index in [1.807, 2.05) is 13.0 Å². The van der Waals surface area contributed by atoms with E-state index in [0.717, 1.165) is 16.4 Å². The fraction of sp³-hybridized carbons (Fsp3) is 0.222. The number of benzene rings is 2. The Kier molecular flexibility index (Phi) is 6.30. The first-order chi connectivity index (χ1) is 12.0. The van der Waals surface area contributed by atoms with Gasteiger partial charge in [0.25, 0.3) is 0 Å². The highest BCUT2D eigenvalue weighted by Crippen LogP contribution is 2.32. The Bertz CT molecular complexity index is 763. The van der Waals surface area contributed by atoms with Crippen LogP contribution in [0.4, 0.5) is 5.69 Å². The van der Waals surface area contributed by atoms with Crippen LogP contribution >= 0.6 is 11.8 Å². The highest BCUT2D eigenvalue weighted by Gasteiger charge is 2.21. The average molecular weight is 359 g/mol. The van der Waals surface area contributed by atoms with Crippen LogP contribution < -0.4 is 15.8 Å². The van der Waals surface area contributed by atoms with Gasteiger partial charge in [-0.1, -0.05) is 13.0 Å². The van der Waals surface area contributed by atoms with Crippen LogP contribution in [0.1, 0.15) is 24.1 Å². The SMILES string of the molecule is CCSc1cc(C(Nc2ccc(C(=N)N)cc2)C(=O)O)ccc1OC. The van der Waals surface area contributed by atoms with Crippen molar-refractivity contribution in [3.8, 4) is 5.75 Å². The first kappa shape index (κ1) is 18.7. The maximum Gasteiger partial charge on any atom is 0.330 e. The third-order valence-electron chi connectivity index (χ3n) is 3.57. The van der Waals surface area contributed by atoms with E-state index in [1.165, 1.54) is 0 Å². The third kappa shape index (κ3) is 4.67. The summed E-state index contributed by atoms with van der Waals surface area (Å²) >= 11 is 1.60. The molecule has 2 aromatic rings. The molecule has 6 nitrogen and oxygen atoms in total. The first-order valence-corrected chi connectivity index (χ1v) is 8.69. The van der Waals surface area contributed by atoms with E-state index in [9.17, 15) is 9.90 Å². The number of ether oxygens (including phenoxy) is 1. The van der Waals surface area contributed by atoms with Gasteiger partial charge in [-0.2, -0.15) is 0 Å². The van der Waals surface area contributed by atoms with E-state index >= 15 is 0 Å². The van der Waals surface area contributed by atoms with Gasteiger partial charge in [0, 0.05) is 16.1 Å². The fourth-order valence-corrected chi connectivity index (χ4v) is 3.17. The molecule has 0 radical (unpaired) electrons. The number of carbonyl (C=O) groups is 1. The van der Waals surface area contributed by atoms with Gasteiger partial charge >= 0.3 is 5.97 Å². The molecule has 0 bridgehead atoms. The molecule has 0 saturated heterocycles. The minimum atomic E-state index is -0.978. The Morgan fingerprint density at radius 1 is 1.32 bits per heavy atom. The van der Waals surface area contributed by atoms with Crippen LogP contribution in [-0.4, -0.2) is 29.8 Å². The quantitative estimate of drug-likeness (QED) is 0.327. The lowest BCUT2D eigenvalue weighted by Crippen LogP contribution is -2.20. The van der Waals surface area contributed by atoms with Gasteiger partial charge in [-0.3, -0.25) is 5.41 Å². The maximum atomic E-state index is 11.7. The van der Waals surface area contributed by atoms with Crippen LogP contribution in [0, 0.1) is 5.41 Å². The molecule has 1 unspecified atom stereocenters. The number of anilines is 1.